The molecule has 4 N–H and O–H groups in total. The molecule has 2 saturated heterocycles. The van der Waals surface area contributed by atoms with Gasteiger partial charge in [-0.25, -0.2) is 5.01 Å². The number of nitrogens with zero attached hydrogens (tertiary/aromatic N) is 3. The van der Waals surface area contributed by atoms with Crippen LogP contribution in [0.5, 0.6) is 0 Å². The lowest BCUT2D eigenvalue weighted by Gasteiger charge is -2.43. The molecule has 0 bridgehead atoms. The van der Waals surface area contributed by atoms with Crippen LogP contribution < -0.4 is 10.6 Å². The summed E-state index contributed by atoms with van der Waals surface area (Å²) in [6, 6.07) is 10.2. The number of amides is 4. The Labute approximate surface area is 252 Å². The number of halogens is 2. The third kappa shape index (κ3) is 7.77. The van der Waals surface area contributed by atoms with Crippen molar-refractivity contribution < 1.29 is 34.2 Å². The van der Waals surface area contributed by atoms with Gasteiger partial charge in [-0.1, -0.05) is 52.6 Å². The van der Waals surface area contributed by atoms with Crippen molar-refractivity contribution in [3.63, 3.8) is 0 Å². The van der Waals surface area contributed by atoms with Crippen LogP contribution in [-0.2, 0) is 25.8 Å². The summed E-state index contributed by atoms with van der Waals surface area (Å²) < 4.78 is 0. The molecule has 14 heteroatoms. The smallest absolute Gasteiger partial charge is 0.264 e. The standard InChI is InChI=1S/C28H31Cl2N5O7/c29-20-8-4-9-21(30)19(20)16-42-31-15-18(14-25(37)38)32-27(40)23-10-5-13-34-24(36)12-11-22(28(41)35(23)34)33-26(39)17-6-2-1-3-7-17/h1-4,6-9,15,18,22-23,25,37-38H,5,10-14,16H2,(H,32,40)(H,33,39)/b31-15+/t18-,22-,23-/m0/s1. The largest absolute Gasteiger partial charge is 0.391 e. The first-order valence-corrected chi connectivity index (χ1v) is 14.2. The Morgan fingerprint density at radius 2 is 1.79 bits per heavy atom. The maximum atomic E-state index is 13.7. The molecular formula is C28H31Cl2N5O7. The van der Waals surface area contributed by atoms with E-state index in [1.165, 1.54) is 11.2 Å². The highest BCUT2D eigenvalue weighted by molar-refractivity contribution is 6.35. The van der Waals surface area contributed by atoms with Gasteiger partial charge in [0.25, 0.3) is 11.8 Å². The molecule has 2 fully saturated rings. The molecule has 0 saturated carbocycles. The highest BCUT2D eigenvalue weighted by atomic mass is 35.5. The number of aliphatic hydroxyl groups excluding tert-OH is 1. The molecule has 0 spiro atoms. The number of benzene rings is 2. The van der Waals surface area contributed by atoms with E-state index in [-0.39, 0.29) is 44.7 Å². The van der Waals surface area contributed by atoms with Crippen LogP contribution in [0.2, 0.25) is 10.0 Å². The highest BCUT2D eigenvalue weighted by Crippen LogP contribution is 2.26. The number of carbonyl (C=O) groups is 4. The first-order chi connectivity index (χ1) is 20.2. The van der Waals surface area contributed by atoms with Crippen LogP contribution in [0, 0.1) is 0 Å². The topological polar surface area (TPSA) is 161 Å². The number of carbonyl (C=O) groups excluding carboxylic acids is 4. The number of nitrogens with one attached hydrogen (secondary N) is 2. The molecule has 2 aromatic carbocycles. The molecule has 2 aliphatic rings. The third-order valence-corrected chi connectivity index (χ3v) is 7.59. The number of hydrazine groups is 1. The van der Waals surface area contributed by atoms with Crippen LogP contribution in [0.3, 0.4) is 0 Å². The lowest BCUT2D eigenvalue weighted by molar-refractivity contribution is -0.176. The van der Waals surface area contributed by atoms with E-state index < -0.39 is 42.1 Å². The molecule has 42 heavy (non-hydrogen) atoms. The average Bonchev–Trinajstić information content (AvgIpc) is 3.08. The zero-order valence-electron chi connectivity index (χ0n) is 22.5. The predicted molar refractivity (Wildman–Crippen MR) is 153 cm³/mol. The van der Waals surface area contributed by atoms with Crippen LogP contribution in [0.4, 0.5) is 0 Å². The SMILES string of the molecule is O=C(N[C@H]1CCC(=O)N2CCC[C@@H](C(=O)N[C@H](/C=N/OCc3c(Cl)cccc3Cl)CC(O)O)N2C1=O)c1ccccc1. The second-order valence-electron chi connectivity index (χ2n) is 9.85. The summed E-state index contributed by atoms with van der Waals surface area (Å²) in [5, 5.41) is 31.5. The molecule has 12 nitrogen and oxygen atoms in total. The number of fused-ring (bicyclic) bond motifs is 1. The fraction of sp³-hybridized carbons (Fsp3) is 0.393. The zero-order valence-corrected chi connectivity index (χ0v) is 24.0. The van der Waals surface area contributed by atoms with Gasteiger partial charge in [0.15, 0.2) is 6.29 Å². The summed E-state index contributed by atoms with van der Waals surface area (Å²) in [5.41, 5.74) is 0.857. The van der Waals surface area contributed by atoms with E-state index in [1.54, 1.807) is 48.5 Å². The summed E-state index contributed by atoms with van der Waals surface area (Å²) in [7, 11) is 0. The molecule has 0 aromatic heterocycles. The van der Waals surface area contributed by atoms with E-state index in [9.17, 15) is 29.4 Å². The monoisotopic (exact) mass is 619 g/mol. The minimum atomic E-state index is -1.79. The van der Waals surface area contributed by atoms with Gasteiger partial charge in [0.05, 0.1) is 12.3 Å². The Bertz CT molecular complexity index is 1310. The number of hydrogen-bond acceptors (Lipinski definition) is 8. The van der Waals surface area contributed by atoms with Crippen LogP contribution in [0.15, 0.2) is 53.7 Å². The van der Waals surface area contributed by atoms with Gasteiger partial charge in [0.1, 0.15) is 18.7 Å². The highest BCUT2D eigenvalue weighted by Gasteiger charge is 2.44. The van der Waals surface area contributed by atoms with E-state index in [4.69, 9.17) is 28.0 Å². The lowest BCUT2D eigenvalue weighted by Crippen LogP contribution is -2.64. The van der Waals surface area contributed by atoms with E-state index in [0.717, 1.165) is 5.01 Å². The first kappa shape index (κ1) is 31.2. The number of oxime groups is 1. The molecule has 3 atom stereocenters. The fourth-order valence-corrected chi connectivity index (χ4v) is 5.30. The summed E-state index contributed by atoms with van der Waals surface area (Å²) >= 11 is 12.3. The predicted octanol–water partition coefficient (Wildman–Crippen LogP) is 2.01. The van der Waals surface area contributed by atoms with Crippen molar-refractivity contribution in [2.45, 2.75) is 63.1 Å². The number of rotatable bonds is 10. The van der Waals surface area contributed by atoms with E-state index in [2.05, 4.69) is 15.8 Å². The number of hydrogen-bond donors (Lipinski definition) is 4. The fourth-order valence-electron chi connectivity index (χ4n) is 4.79. The summed E-state index contributed by atoms with van der Waals surface area (Å²) in [5.74, 6) is -2.04. The van der Waals surface area contributed by atoms with Gasteiger partial charge in [0.2, 0.25) is 11.8 Å². The van der Waals surface area contributed by atoms with Gasteiger partial charge in [-0.05, 0) is 43.5 Å². The maximum absolute atomic E-state index is 13.7. The van der Waals surface area contributed by atoms with Crippen LogP contribution >= 0.6 is 23.2 Å². The van der Waals surface area contributed by atoms with Crippen LogP contribution in [0.25, 0.3) is 0 Å². The Morgan fingerprint density at radius 1 is 1.07 bits per heavy atom. The van der Waals surface area contributed by atoms with Gasteiger partial charge in [-0.3, -0.25) is 24.2 Å². The third-order valence-electron chi connectivity index (χ3n) is 6.88. The molecule has 0 radical (unpaired) electrons. The van der Waals surface area contributed by atoms with Gasteiger partial charge in [-0.2, -0.15) is 0 Å². The molecule has 2 aliphatic heterocycles. The second kappa shape index (κ2) is 14.5. The molecule has 224 valence electrons. The maximum Gasteiger partial charge on any atom is 0.264 e. The average molecular weight is 620 g/mol. The molecule has 0 aliphatic carbocycles. The summed E-state index contributed by atoms with van der Waals surface area (Å²) in [6.45, 7) is 0.168. The molecule has 0 unspecified atom stereocenters. The van der Waals surface area contributed by atoms with Crippen molar-refractivity contribution in [3.8, 4) is 0 Å². The van der Waals surface area contributed by atoms with Gasteiger partial charge in [-0.15, -0.1) is 0 Å². The molecule has 2 heterocycles. The molecule has 2 aromatic rings. The van der Waals surface area contributed by atoms with Gasteiger partial charge < -0.3 is 25.7 Å². The Balaban J connectivity index is 1.47. The minimum absolute atomic E-state index is 0.00902. The molecule has 4 rings (SSSR count). The lowest BCUT2D eigenvalue weighted by atomic mass is 10.0. The molecule has 4 amide bonds. The quantitative estimate of drug-likeness (QED) is 0.180. The van der Waals surface area contributed by atoms with Crippen molar-refractivity contribution in [2.75, 3.05) is 6.54 Å². The zero-order chi connectivity index (χ0) is 30.2. The van der Waals surface area contributed by atoms with E-state index in [0.29, 0.717) is 27.6 Å². The van der Waals surface area contributed by atoms with Crippen molar-refractivity contribution >= 4 is 53.0 Å². The van der Waals surface area contributed by atoms with E-state index in [1.807, 2.05) is 0 Å². The summed E-state index contributed by atoms with van der Waals surface area (Å²) in [4.78, 5) is 58.1. The number of aliphatic hydroxyl groups is 2. The first-order valence-electron chi connectivity index (χ1n) is 13.4. The second-order valence-corrected chi connectivity index (χ2v) is 10.7. The normalized spacial score (nSPS) is 19.8. The van der Waals surface area contributed by atoms with Gasteiger partial charge in [0, 0.05) is 40.6 Å². The van der Waals surface area contributed by atoms with Crippen molar-refractivity contribution in [2.24, 2.45) is 5.16 Å². The summed E-state index contributed by atoms with van der Waals surface area (Å²) in [6.07, 6.45) is -0.149. The van der Waals surface area contributed by atoms with E-state index >= 15 is 0 Å². The van der Waals surface area contributed by atoms with Crippen molar-refractivity contribution in [1.29, 1.82) is 0 Å². The Morgan fingerprint density at radius 3 is 2.48 bits per heavy atom. The Kier molecular flexibility index (Phi) is 10.7. The Hall–Kier alpha value is -3.71. The van der Waals surface area contributed by atoms with Gasteiger partial charge >= 0.3 is 0 Å². The van der Waals surface area contributed by atoms with Crippen LogP contribution in [-0.4, -0.2) is 81.0 Å². The minimum Gasteiger partial charge on any atom is -0.391 e. The van der Waals surface area contributed by atoms with Crippen molar-refractivity contribution in [1.82, 2.24) is 20.7 Å². The molecular weight excluding hydrogens is 589 g/mol. The van der Waals surface area contributed by atoms with Crippen LogP contribution in [0.1, 0.15) is 48.0 Å². The van der Waals surface area contributed by atoms with Crippen molar-refractivity contribution in [3.05, 3.63) is 69.7 Å².